The normalized spacial score (nSPS) is 25.3. The van der Waals surface area contributed by atoms with Crippen molar-refractivity contribution in [3.8, 4) is 0 Å². The fourth-order valence-electron chi connectivity index (χ4n) is 3.43. The Hall–Kier alpha value is -2.25. The number of likely N-dealkylation sites (tertiary alicyclic amines) is 2. The molecule has 0 aromatic heterocycles. The number of carboxylic acid groups (broad SMARTS) is 2. The lowest BCUT2D eigenvalue weighted by atomic mass is 10.0. The predicted octanol–water partition coefficient (Wildman–Crippen LogP) is -0.293. The van der Waals surface area contributed by atoms with E-state index in [2.05, 4.69) is 0 Å². The molecular formula is C15H19FN2O6. The number of alkyl halides is 1. The van der Waals surface area contributed by atoms with Gasteiger partial charge in [0.1, 0.15) is 30.3 Å². The van der Waals surface area contributed by atoms with Gasteiger partial charge in [0.15, 0.2) is 0 Å². The highest BCUT2D eigenvalue weighted by Gasteiger charge is 2.43. The maximum absolute atomic E-state index is 13.6. The molecule has 2 saturated heterocycles. The Morgan fingerprint density at radius 2 is 1.67 bits per heavy atom. The van der Waals surface area contributed by atoms with Gasteiger partial charge < -0.3 is 15.1 Å². The van der Waals surface area contributed by atoms with Crippen LogP contribution in [0.5, 0.6) is 0 Å². The van der Waals surface area contributed by atoms with E-state index in [9.17, 15) is 28.7 Å². The van der Waals surface area contributed by atoms with Crippen LogP contribution >= 0.6 is 0 Å². The fourth-order valence-corrected chi connectivity index (χ4v) is 3.43. The molecule has 8 nitrogen and oxygen atoms in total. The smallest absolute Gasteiger partial charge is 0.326 e. The van der Waals surface area contributed by atoms with Crippen molar-refractivity contribution in [3.05, 3.63) is 5.57 Å². The Balaban J connectivity index is 2.25. The van der Waals surface area contributed by atoms with Crippen LogP contribution in [0.2, 0.25) is 0 Å². The molecule has 2 aliphatic heterocycles. The molecule has 2 aliphatic rings. The standard InChI is InChI=1S/C15H19FN2O6/c16-7-12(17-5-1-3-10(17)14(21)22)9(8-19)13(20)18-6-2-4-11(18)15(23)24/h10-12H,1-7H2,(H,21,22)(H,23,24)/t10?,11-,12?/m0/s1. The lowest BCUT2D eigenvalue weighted by molar-refractivity contribution is -0.147. The average Bonchev–Trinajstić information content (AvgIpc) is 3.20. The van der Waals surface area contributed by atoms with Crippen molar-refractivity contribution in [2.75, 3.05) is 19.8 Å². The summed E-state index contributed by atoms with van der Waals surface area (Å²) in [7, 11) is 0. The predicted molar refractivity (Wildman–Crippen MR) is 78.7 cm³/mol. The Morgan fingerprint density at radius 1 is 1.08 bits per heavy atom. The summed E-state index contributed by atoms with van der Waals surface area (Å²) in [5.41, 5.74) is -0.543. The third kappa shape index (κ3) is 3.32. The first-order valence-electron chi connectivity index (χ1n) is 7.75. The van der Waals surface area contributed by atoms with Crippen LogP contribution in [0.25, 0.3) is 0 Å². The lowest BCUT2D eigenvalue weighted by Gasteiger charge is -2.31. The molecule has 0 aromatic carbocycles. The summed E-state index contributed by atoms with van der Waals surface area (Å²) in [6.45, 7) is -0.722. The number of halogens is 1. The number of aliphatic carboxylic acids is 2. The van der Waals surface area contributed by atoms with E-state index in [1.54, 1.807) is 0 Å². The number of amides is 1. The number of carboxylic acids is 2. The van der Waals surface area contributed by atoms with Crippen molar-refractivity contribution >= 4 is 23.8 Å². The maximum atomic E-state index is 13.6. The Kier molecular flexibility index (Phi) is 5.69. The van der Waals surface area contributed by atoms with Crippen LogP contribution < -0.4 is 0 Å². The van der Waals surface area contributed by atoms with Gasteiger partial charge in [-0.2, -0.15) is 0 Å². The first-order valence-corrected chi connectivity index (χ1v) is 7.75. The van der Waals surface area contributed by atoms with Gasteiger partial charge in [-0.3, -0.25) is 14.5 Å². The number of rotatable bonds is 6. The van der Waals surface area contributed by atoms with Crippen LogP contribution in [0, 0.1) is 0 Å². The maximum Gasteiger partial charge on any atom is 0.326 e. The first-order chi connectivity index (χ1) is 11.4. The van der Waals surface area contributed by atoms with Crippen molar-refractivity contribution in [1.82, 2.24) is 9.80 Å². The molecule has 2 heterocycles. The summed E-state index contributed by atoms with van der Waals surface area (Å²) < 4.78 is 13.6. The summed E-state index contributed by atoms with van der Waals surface area (Å²) >= 11 is 0. The van der Waals surface area contributed by atoms with E-state index in [0.717, 1.165) is 4.90 Å². The molecule has 3 atom stereocenters. The minimum atomic E-state index is -1.33. The van der Waals surface area contributed by atoms with Crippen molar-refractivity contribution in [1.29, 1.82) is 0 Å². The Morgan fingerprint density at radius 3 is 2.21 bits per heavy atom. The molecule has 0 radical (unpaired) electrons. The molecule has 9 heteroatoms. The zero-order valence-corrected chi connectivity index (χ0v) is 13.0. The average molecular weight is 342 g/mol. The van der Waals surface area contributed by atoms with Gasteiger partial charge in [0.05, 0.1) is 6.04 Å². The van der Waals surface area contributed by atoms with Gasteiger partial charge >= 0.3 is 11.9 Å². The minimum absolute atomic E-state index is 0.155. The van der Waals surface area contributed by atoms with Gasteiger partial charge in [-0.1, -0.05) is 0 Å². The van der Waals surface area contributed by atoms with E-state index in [0.29, 0.717) is 19.3 Å². The molecule has 0 aromatic rings. The molecule has 1 amide bonds. The zero-order valence-electron chi connectivity index (χ0n) is 13.0. The molecule has 2 rings (SSSR count). The van der Waals surface area contributed by atoms with E-state index >= 15 is 0 Å². The molecule has 0 saturated carbocycles. The highest BCUT2D eigenvalue weighted by Crippen LogP contribution is 2.26. The van der Waals surface area contributed by atoms with E-state index in [1.165, 1.54) is 10.8 Å². The highest BCUT2D eigenvalue weighted by molar-refractivity contribution is 6.03. The summed E-state index contributed by atoms with van der Waals surface area (Å²) in [6.07, 6.45) is 1.54. The Bertz CT molecular complexity index is 589. The summed E-state index contributed by atoms with van der Waals surface area (Å²) in [5, 5.41) is 18.3. The van der Waals surface area contributed by atoms with Gasteiger partial charge in [-0.25, -0.2) is 14.0 Å². The minimum Gasteiger partial charge on any atom is -0.480 e. The van der Waals surface area contributed by atoms with Gasteiger partial charge in [-0.05, 0) is 32.2 Å². The van der Waals surface area contributed by atoms with Gasteiger partial charge in [0.25, 0.3) is 5.91 Å². The van der Waals surface area contributed by atoms with E-state index < -0.39 is 48.2 Å². The Labute approximate surface area is 137 Å². The van der Waals surface area contributed by atoms with Crippen molar-refractivity contribution < 1.29 is 33.8 Å². The van der Waals surface area contributed by atoms with Gasteiger partial charge in [-0.15, -0.1) is 0 Å². The van der Waals surface area contributed by atoms with E-state index in [1.807, 2.05) is 0 Å². The summed E-state index contributed by atoms with van der Waals surface area (Å²) in [5.74, 6) is -1.78. The second-order valence-corrected chi connectivity index (χ2v) is 5.91. The van der Waals surface area contributed by atoms with E-state index in [-0.39, 0.29) is 19.5 Å². The van der Waals surface area contributed by atoms with Gasteiger partial charge in [0, 0.05) is 6.54 Å². The largest absolute Gasteiger partial charge is 0.480 e. The van der Waals surface area contributed by atoms with Crippen molar-refractivity contribution in [2.45, 2.75) is 43.8 Å². The number of nitrogens with zero attached hydrogens (tertiary/aromatic N) is 2. The van der Waals surface area contributed by atoms with Crippen LogP contribution in [0.4, 0.5) is 4.39 Å². The number of hydrogen-bond donors (Lipinski definition) is 2. The van der Waals surface area contributed by atoms with E-state index in [4.69, 9.17) is 5.11 Å². The molecule has 2 unspecified atom stereocenters. The molecule has 0 spiro atoms. The monoisotopic (exact) mass is 342 g/mol. The van der Waals surface area contributed by atoms with Crippen LogP contribution in [0.3, 0.4) is 0 Å². The molecule has 0 bridgehead atoms. The molecular weight excluding hydrogens is 323 g/mol. The van der Waals surface area contributed by atoms with Gasteiger partial charge in [0.2, 0.25) is 0 Å². The second-order valence-electron chi connectivity index (χ2n) is 5.91. The summed E-state index contributed by atoms with van der Waals surface area (Å²) in [6, 6.07) is -3.36. The molecule has 2 fully saturated rings. The molecule has 2 N–H and O–H groups in total. The lowest BCUT2D eigenvalue weighted by Crippen LogP contribution is -2.50. The number of carbonyl (C=O) groups excluding carboxylic acids is 2. The zero-order chi connectivity index (χ0) is 17.9. The van der Waals surface area contributed by atoms with Crippen LogP contribution in [-0.2, 0) is 19.2 Å². The quantitative estimate of drug-likeness (QED) is 0.503. The third-order valence-corrected chi connectivity index (χ3v) is 4.60. The van der Waals surface area contributed by atoms with Crippen molar-refractivity contribution in [3.63, 3.8) is 0 Å². The highest BCUT2D eigenvalue weighted by atomic mass is 19.1. The molecule has 24 heavy (non-hydrogen) atoms. The van der Waals surface area contributed by atoms with Crippen LogP contribution in [-0.4, -0.2) is 81.7 Å². The first kappa shape index (κ1) is 18.1. The third-order valence-electron chi connectivity index (χ3n) is 4.60. The molecule has 0 aliphatic carbocycles. The second kappa shape index (κ2) is 7.55. The summed E-state index contributed by atoms with van der Waals surface area (Å²) in [4.78, 5) is 48.6. The number of carbonyl (C=O) groups is 3. The van der Waals surface area contributed by atoms with Crippen LogP contribution in [0.15, 0.2) is 5.57 Å². The molecule has 132 valence electrons. The number of hydrogen-bond acceptors (Lipinski definition) is 5. The SMILES string of the molecule is O=C=C(C(=O)N1CCC[C@H]1C(=O)O)C(CF)N1CCCC1C(=O)O. The topological polar surface area (TPSA) is 115 Å². The fraction of sp³-hybridized carbons (Fsp3) is 0.667. The van der Waals surface area contributed by atoms with Crippen molar-refractivity contribution in [2.24, 2.45) is 0 Å². The van der Waals surface area contributed by atoms with Crippen LogP contribution in [0.1, 0.15) is 25.7 Å².